The van der Waals surface area contributed by atoms with Crippen LogP contribution in [0.25, 0.3) is 0 Å². The van der Waals surface area contributed by atoms with E-state index in [1.807, 2.05) is 0 Å². The first-order valence-corrected chi connectivity index (χ1v) is 5.53. The van der Waals surface area contributed by atoms with Crippen molar-refractivity contribution < 1.29 is 29.0 Å². The molecule has 0 bridgehead atoms. The molecule has 2 amide bonds. The number of hydrazine groups is 1. The van der Waals surface area contributed by atoms with Crippen molar-refractivity contribution >= 4 is 17.8 Å². The molecule has 108 valence electrons. The molecule has 1 aromatic carbocycles. The van der Waals surface area contributed by atoms with Gasteiger partial charge < -0.3 is 14.6 Å². The van der Waals surface area contributed by atoms with Crippen LogP contribution in [0.5, 0.6) is 11.5 Å². The van der Waals surface area contributed by atoms with E-state index in [2.05, 4.69) is 10.9 Å². The molecule has 0 saturated heterocycles. The minimum atomic E-state index is -1.12. The van der Waals surface area contributed by atoms with Gasteiger partial charge in [-0.15, -0.1) is 0 Å². The minimum absolute atomic E-state index is 0.00284. The fourth-order valence-electron chi connectivity index (χ4n) is 1.26. The highest BCUT2D eigenvalue weighted by Gasteiger charge is 2.11. The molecule has 0 aliphatic carbocycles. The number of aromatic carboxylic acids is 1. The lowest BCUT2D eigenvalue weighted by Crippen LogP contribution is -2.42. The van der Waals surface area contributed by atoms with E-state index in [1.54, 1.807) is 0 Å². The topological polar surface area (TPSA) is 114 Å². The number of hydrogen-bond donors (Lipinski definition) is 3. The Bertz CT molecular complexity index is 529. The Morgan fingerprint density at radius 3 is 2.45 bits per heavy atom. The third kappa shape index (κ3) is 4.48. The number of carbonyl (C=O) groups excluding carboxylic acids is 2. The normalized spacial score (nSPS) is 9.50. The van der Waals surface area contributed by atoms with E-state index in [0.29, 0.717) is 5.75 Å². The standard InChI is InChI=1S/C12H14N2O6/c1-7(15)13-14-11(16)6-20-10-5-8(12(17)18)3-4-9(10)19-2/h3-5H,6H2,1-2H3,(H,13,15)(H,14,16)(H,17,18). The first-order valence-electron chi connectivity index (χ1n) is 5.53. The molecule has 0 aromatic heterocycles. The maximum atomic E-state index is 11.3. The predicted molar refractivity (Wildman–Crippen MR) is 67.4 cm³/mol. The van der Waals surface area contributed by atoms with Gasteiger partial charge in [-0.05, 0) is 18.2 Å². The molecule has 1 aromatic rings. The first kappa shape index (κ1) is 15.3. The first-order chi connectivity index (χ1) is 9.43. The Labute approximate surface area is 114 Å². The Hall–Kier alpha value is -2.77. The van der Waals surface area contributed by atoms with E-state index in [-0.39, 0.29) is 11.3 Å². The maximum Gasteiger partial charge on any atom is 0.335 e. The molecule has 0 aliphatic heterocycles. The highest BCUT2D eigenvalue weighted by Crippen LogP contribution is 2.27. The zero-order valence-corrected chi connectivity index (χ0v) is 10.9. The molecule has 0 saturated carbocycles. The molecule has 0 unspecified atom stereocenters. The molecule has 0 heterocycles. The van der Waals surface area contributed by atoms with Crippen molar-refractivity contribution in [2.45, 2.75) is 6.92 Å². The number of carbonyl (C=O) groups is 3. The predicted octanol–water partition coefficient (Wildman–Crippen LogP) is -0.0605. The van der Waals surface area contributed by atoms with Gasteiger partial charge in [-0.1, -0.05) is 0 Å². The zero-order valence-electron chi connectivity index (χ0n) is 10.9. The molecule has 20 heavy (non-hydrogen) atoms. The summed E-state index contributed by atoms with van der Waals surface area (Å²) in [4.78, 5) is 32.8. The average Bonchev–Trinajstić information content (AvgIpc) is 2.42. The smallest absolute Gasteiger partial charge is 0.335 e. The van der Waals surface area contributed by atoms with Crippen LogP contribution in [-0.2, 0) is 9.59 Å². The number of carboxylic acids is 1. The van der Waals surface area contributed by atoms with Crippen molar-refractivity contribution in [1.29, 1.82) is 0 Å². The largest absolute Gasteiger partial charge is 0.493 e. The van der Waals surface area contributed by atoms with Crippen molar-refractivity contribution in [3.05, 3.63) is 23.8 Å². The molecule has 8 heteroatoms. The van der Waals surface area contributed by atoms with Crippen LogP contribution in [-0.4, -0.2) is 36.6 Å². The molecule has 0 atom stereocenters. The van der Waals surface area contributed by atoms with Gasteiger partial charge in [0.15, 0.2) is 18.1 Å². The number of hydrogen-bond acceptors (Lipinski definition) is 5. The molecular formula is C12H14N2O6. The van der Waals surface area contributed by atoms with Crippen LogP contribution >= 0.6 is 0 Å². The summed E-state index contributed by atoms with van der Waals surface area (Å²) in [6, 6.07) is 4.02. The summed E-state index contributed by atoms with van der Waals surface area (Å²) in [5.74, 6) is -1.74. The van der Waals surface area contributed by atoms with Crippen LogP contribution in [0.3, 0.4) is 0 Å². The molecule has 0 aliphatic rings. The van der Waals surface area contributed by atoms with Gasteiger partial charge >= 0.3 is 5.97 Å². The van der Waals surface area contributed by atoms with Gasteiger partial charge in [0.1, 0.15) is 0 Å². The Kier molecular flexibility index (Phi) is 5.33. The molecular weight excluding hydrogens is 268 g/mol. The summed E-state index contributed by atoms with van der Waals surface area (Å²) >= 11 is 0. The van der Waals surface area contributed by atoms with Gasteiger partial charge in [-0.25, -0.2) is 4.79 Å². The molecule has 8 nitrogen and oxygen atoms in total. The Balaban J connectivity index is 2.70. The molecule has 0 fully saturated rings. The van der Waals surface area contributed by atoms with Gasteiger partial charge in [0, 0.05) is 6.92 Å². The number of ether oxygens (including phenoxy) is 2. The lowest BCUT2D eigenvalue weighted by Gasteiger charge is -2.11. The minimum Gasteiger partial charge on any atom is -0.493 e. The second-order valence-corrected chi connectivity index (χ2v) is 3.69. The molecule has 0 spiro atoms. The van der Waals surface area contributed by atoms with Crippen molar-refractivity contribution in [2.24, 2.45) is 0 Å². The summed E-state index contributed by atoms with van der Waals surface area (Å²) in [7, 11) is 1.39. The van der Waals surface area contributed by atoms with Crippen molar-refractivity contribution in [3.8, 4) is 11.5 Å². The summed E-state index contributed by atoms with van der Waals surface area (Å²) in [5.41, 5.74) is 4.21. The van der Waals surface area contributed by atoms with E-state index in [1.165, 1.54) is 32.2 Å². The second-order valence-electron chi connectivity index (χ2n) is 3.69. The summed E-state index contributed by atoms with van der Waals surface area (Å²) in [5, 5.41) is 8.87. The lowest BCUT2D eigenvalue weighted by atomic mass is 10.2. The van der Waals surface area contributed by atoms with Crippen molar-refractivity contribution in [3.63, 3.8) is 0 Å². The fraction of sp³-hybridized carbons (Fsp3) is 0.250. The lowest BCUT2D eigenvalue weighted by molar-refractivity contribution is -0.129. The van der Waals surface area contributed by atoms with Crippen LogP contribution in [0.2, 0.25) is 0 Å². The van der Waals surface area contributed by atoms with E-state index in [4.69, 9.17) is 14.6 Å². The van der Waals surface area contributed by atoms with Gasteiger partial charge in [-0.2, -0.15) is 0 Å². The molecule has 0 radical (unpaired) electrons. The van der Waals surface area contributed by atoms with Crippen LogP contribution < -0.4 is 20.3 Å². The van der Waals surface area contributed by atoms with E-state index >= 15 is 0 Å². The summed E-state index contributed by atoms with van der Waals surface area (Å²) in [6.45, 7) is 0.834. The van der Waals surface area contributed by atoms with E-state index < -0.39 is 24.4 Å². The Morgan fingerprint density at radius 1 is 1.20 bits per heavy atom. The molecule has 3 N–H and O–H groups in total. The van der Waals surface area contributed by atoms with Crippen LogP contribution in [0, 0.1) is 0 Å². The number of nitrogens with one attached hydrogen (secondary N) is 2. The zero-order chi connectivity index (χ0) is 15.1. The van der Waals surface area contributed by atoms with Crippen molar-refractivity contribution in [2.75, 3.05) is 13.7 Å². The third-order valence-corrected chi connectivity index (χ3v) is 2.15. The van der Waals surface area contributed by atoms with Gasteiger partial charge in [0.2, 0.25) is 5.91 Å². The second kappa shape index (κ2) is 6.98. The average molecular weight is 282 g/mol. The highest BCUT2D eigenvalue weighted by atomic mass is 16.5. The summed E-state index contributed by atoms with van der Waals surface area (Å²) < 4.78 is 10.2. The van der Waals surface area contributed by atoms with Crippen LogP contribution in [0.1, 0.15) is 17.3 Å². The van der Waals surface area contributed by atoms with Gasteiger partial charge in [0.05, 0.1) is 12.7 Å². The number of benzene rings is 1. The van der Waals surface area contributed by atoms with Crippen LogP contribution in [0.15, 0.2) is 18.2 Å². The monoisotopic (exact) mass is 282 g/mol. The number of carboxylic acid groups (broad SMARTS) is 1. The number of methoxy groups -OCH3 is 1. The highest BCUT2D eigenvalue weighted by molar-refractivity contribution is 5.88. The van der Waals surface area contributed by atoms with E-state index in [9.17, 15) is 14.4 Å². The van der Waals surface area contributed by atoms with Gasteiger partial charge in [0.25, 0.3) is 5.91 Å². The third-order valence-electron chi connectivity index (χ3n) is 2.15. The fourth-order valence-corrected chi connectivity index (χ4v) is 1.26. The maximum absolute atomic E-state index is 11.3. The molecule has 1 rings (SSSR count). The number of amides is 2. The van der Waals surface area contributed by atoms with Crippen molar-refractivity contribution in [1.82, 2.24) is 10.9 Å². The quantitative estimate of drug-likeness (QED) is 0.652. The SMILES string of the molecule is COc1ccc(C(=O)O)cc1OCC(=O)NNC(C)=O. The van der Waals surface area contributed by atoms with Crippen LogP contribution in [0.4, 0.5) is 0 Å². The number of rotatable bonds is 5. The summed E-state index contributed by atoms with van der Waals surface area (Å²) in [6.07, 6.45) is 0. The van der Waals surface area contributed by atoms with Gasteiger partial charge in [-0.3, -0.25) is 20.4 Å². The Morgan fingerprint density at radius 2 is 1.90 bits per heavy atom. The van der Waals surface area contributed by atoms with E-state index in [0.717, 1.165) is 0 Å².